The number of fused-ring (bicyclic) bond motifs is 1. The summed E-state index contributed by atoms with van der Waals surface area (Å²) in [6.45, 7) is 1.56. The number of ether oxygens (including phenoxy) is 3. The van der Waals surface area contributed by atoms with Crippen molar-refractivity contribution in [3.63, 3.8) is 0 Å². The smallest absolute Gasteiger partial charge is 0.259 e. The van der Waals surface area contributed by atoms with E-state index in [9.17, 15) is 9.59 Å². The van der Waals surface area contributed by atoms with Crippen molar-refractivity contribution in [2.75, 3.05) is 27.9 Å². The fraction of sp³-hybridized carbons (Fsp3) is 0.227. The van der Waals surface area contributed by atoms with E-state index in [0.717, 1.165) is 20.7 Å². The lowest BCUT2D eigenvalue weighted by Crippen LogP contribution is -2.35. The minimum atomic E-state index is -0.452. The standard InChI is InChI=1S/C22H23N3O5S/c1-13(20-15-7-5-6-8-18(15)31-22(20)30-4)24-25-19(26)12-23-21(27)14-9-10-16(28-2)17(11-14)29-3/h5-11H,12H2,1-4H3,(H,23,27)(H,25,26). The average Bonchev–Trinajstić information content (AvgIpc) is 3.19. The summed E-state index contributed by atoms with van der Waals surface area (Å²) in [5.74, 6) is 0.0729. The molecule has 0 unspecified atom stereocenters. The van der Waals surface area contributed by atoms with E-state index >= 15 is 0 Å². The molecule has 0 saturated carbocycles. The predicted molar refractivity (Wildman–Crippen MR) is 121 cm³/mol. The first-order valence-corrected chi connectivity index (χ1v) is 10.2. The predicted octanol–water partition coefficient (Wildman–Crippen LogP) is 3.20. The number of benzene rings is 2. The average molecular weight is 442 g/mol. The number of hydrogen-bond donors (Lipinski definition) is 2. The highest BCUT2D eigenvalue weighted by Gasteiger charge is 2.16. The van der Waals surface area contributed by atoms with E-state index in [1.165, 1.54) is 25.6 Å². The van der Waals surface area contributed by atoms with Crippen LogP contribution in [-0.4, -0.2) is 45.4 Å². The lowest BCUT2D eigenvalue weighted by Gasteiger charge is -2.10. The molecule has 9 heteroatoms. The lowest BCUT2D eigenvalue weighted by molar-refractivity contribution is -0.120. The fourth-order valence-corrected chi connectivity index (χ4v) is 4.06. The number of nitrogens with zero attached hydrogens (tertiary/aromatic N) is 1. The molecule has 0 aliphatic carbocycles. The van der Waals surface area contributed by atoms with E-state index in [1.807, 2.05) is 24.3 Å². The van der Waals surface area contributed by atoms with E-state index in [-0.39, 0.29) is 6.54 Å². The van der Waals surface area contributed by atoms with Crippen LogP contribution in [0.25, 0.3) is 10.1 Å². The Labute approximate surface area is 183 Å². The van der Waals surface area contributed by atoms with Crippen LogP contribution in [0, 0.1) is 0 Å². The van der Waals surface area contributed by atoms with Gasteiger partial charge in [0.2, 0.25) is 0 Å². The molecule has 1 heterocycles. The largest absolute Gasteiger partial charge is 0.493 e. The van der Waals surface area contributed by atoms with Gasteiger partial charge in [0.15, 0.2) is 16.6 Å². The van der Waals surface area contributed by atoms with Crippen molar-refractivity contribution in [3.05, 3.63) is 53.6 Å². The van der Waals surface area contributed by atoms with Crippen molar-refractivity contribution in [3.8, 4) is 16.6 Å². The van der Waals surface area contributed by atoms with Crippen LogP contribution in [0.4, 0.5) is 0 Å². The molecule has 8 nitrogen and oxygen atoms in total. The molecular weight excluding hydrogens is 418 g/mol. The second kappa shape index (κ2) is 9.94. The maximum atomic E-state index is 12.3. The number of amides is 2. The summed E-state index contributed by atoms with van der Waals surface area (Å²) in [5.41, 5.74) is 4.26. The summed E-state index contributed by atoms with van der Waals surface area (Å²) in [4.78, 5) is 24.5. The number of hydrogen-bond acceptors (Lipinski definition) is 7. The number of thiophene rings is 1. The third-order valence-corrected chi connectivity index (χ3v) is 5.65. The molecule has 0 spiro atoms. The first-order chi connectivity index (χ1) is 15.0. The Kier molecular flexibility index (Phi) is 7.09. The first kappa shape index (κ1) is 22.1. The van der Waals surface area contributed by atoms with Gasteiger partial charge in [-0.3, -0.25) is 9.59 Å². The molecule has 0 bridgehead atoms. The van der Waals surface area contributed by atoms with Gasteiger partial charge in [0.25, 0.3) is 11.8 Å². The van der Waals surface area contributed by atoms with Gasteiger partial charge in [-0.1, -0.05) is 29.5 Å². The third kappa shape index (κ3) is 4.95. The van der Waals surface area contributed by atoms with Gasteiger partial charge >= 0.3 is 0 Å². The summed E-state index contributed by atoms with van der Waals surface area (Å²) < 4.78 is 16.9. The van der Waals surface area contributed by atoms with Crippen LogP contribution in [0.3, 0.4) is 0 Å². The molecular formula is C22H23N3O5S. The molecule has 0 aliphatic rings. The van der Waals surface area contributed by atoms with Crippen LogP contribution in [0.15, 0.2) is 47.6 Å². The number of carbonyl (C=O) groups is 2. The Morgan fingerprint density at radius 3 is 2.45 bits per heavy atom. The van der Waals surface area contributed by atoms with Crippen LogP contribution >= 0.6 is 11.3 Å². The van der Waals surface area contributed by atoms with Crippen molar-refractivity contribution in [1.29, 1.82) is 0 Å². The summed E-state index contributed by atoms with van der Waals surface area (Å²) in [7, 11) is 4.60. The minimum Gasteiger partial charge on any atom is -0.493 e. The van der Waals surface area contributed by atoms with Gasteiger partial charge in [-0.25, -0.2) is 5.43 Å². The van der Waals surface area contributed by atoms with Crippen LogP contribution in [-0.2, 0) is 4.79 Å². The summed E-state index contributed by atoms with van der Waals surface area (Å²) in [6.07, 6.45) is 0. The highest BCUT2D eigenvalue weighted by molar-refractivity contribution is 7.21. The molecule has 3 aromatic rings. The van der Waals surface area contributed by atoms with Gasteiger partial charge in [-0.15, -0.1) is 0 Å². The molecule has 0 fully saturated rings. The SMILES string of the molecule is COc1ccc(C(=O)NCC(=O)NN=C(C)c2c(OC)sc3ccccc23)cc1OC. The summed E-state index contributed by atoms with van der Waals surface area (Å²) in [5, 5.41) is 8.46. The van der Waals surface area contributed by atoms with E-state index in [2.05, 4.69) is 15.8 Å². The van der Waals surface area contributed by atoms with E-state index in [0.29, 0.717) is 22.8 Å². The zero-order chi connectivity index (χ0) is 22.4. The van der Waals surface area contributed by atoms with Crippen molar-refractivity contribution in [2.24, 2.45) is 5.10 Å². The zero-order valence-corrected chi connectivity index (χ0v) is 18.5. The Hall–Kier alpha value is -3.59. The van der Waals surface area contributed by atoms with Crippen molar-refractivity contribution in [1.82, 2.24) is 10.7 Å². The molecule has 0 aliphatic heterocycles. The molecule has 2 amide bonds. The second-order valence-electron chi connectivity index (χ2n) is 6.45. The highest BCUT2D eigenvalue weighted by atomic mass is 32.1. The molecule has 0 radical (unpaired) electrons. The van der Waals surface area contributed by atoms with E-state index < -0.39 is 11.8 Å². The number of hydrazone groups is 1. The van der Waals surface area contributed by atoms with Gasteiger partial charge in [0.05, 0.1) is 39.1 Å². The van der Waals surface area contributed by atoms with Crippen LogP contribution in [0.5, 0.6) is 16.6 Å². The van der Waals surface area contributed by atoms with Crippen LogP contribution in [0.1, 0.15) is 22.8 Å². The number of rotatable bonds is 8. The lowest BCUT2D eigenvalue weighted by atomic mass is 10.1. The number of nitrogens with one attached hydrogen (secondary N) is 2. The Morgan fingerprint density at radius 1 is 1.00 bits per heavy atom. The van der Waals surface area contributed by atoms with Crippen molar-refractivity contribution in [2.45, 2.75) is 6.92 Å². The Balaban J connectivity index is 1.64. The molecule has 2 N–H and O–H groups in total. The molecule has 3 rings (SSSR count). The molecule has 2 aromatic carbocycles. The quantitative estimate of drug-likeness (QED) is 0.413. The third-order valence-electron chi connectivity index (χ3n) is 4.51. The maximum Gasteiger partial charge on any atom is 0.259 e. The van der Waals surface area contributed by atoms with Gasteiger partial charge in [0.1, 0.15) is 0 Å². The molecule has 0 atom stereocenters. The van der Waals surface area contributed by atoms with E-state index in [4.69, 9.17) is 14.2 Å². The molecule has 31 heavy (non-hydrogen) atoms. The Bertz CT molecular complexity index is 1140. The Morgan fingerprint density at radius 2 is 1.74 bits per heavy atom. The fourth-order valence-electron chi connectivity index (χ4n) is 2.99. The van der Waals surface area contributed by atoms with Crippen LogP contribution < -0.4 is 25.0 Å². The monoisotopic (exact) mass is 441 g/mol. The number of carbonyl (C=O) groups excluding carboxylic acids is 2. The molecule has 162 valence electrons. The maximum absolute atomic E-state index is 12.3. The summed E-state index contributed by atoms with van der Waals surface area (Å²) in [6, 6.07) is 12.6. The molecule has 1 aromatic heterocycles. The van der Waals surface area contributed by atoms with Crippen molar-refractivity contribution < 1.29 is 23.8 Å². The van der Waals surface area contributed by atoms with Gasteiger partial charge in [-0.2, -0.15) is 5.10 Å². The topological polar surface area (TPSA) is 98.2 Å². The van der Waals surface area contributed by atoms with Crippen molar-refractivity contribution >= 4 is 38.9 Å². The van der Waals surface area contributed by atoms with Gasteiger partial charge in [0, 0.05) is 15.6 Å². The van der Waals surface area contributed by atoms with Gasteiger partial charge < -0.3 is 19.5 Å². The second-order valence-corrected chi connectivity index (χ2v) is 7.46. The zero-order valence-electron chi connectivity index (χ0n) is 17.6. The normalized spacial score (nSPS) is 11.2. The highest BCUT2D eigenvalue weighted by Crippen LogP contribution is 2.37. The first-order valence-electron chi connectivity index (χ1n) is 9.37. The van der Waals surface area contributed by atoms with E-state index in [1.54, 1.807) is 32.2 Å². The summed E-state index contributed by atoms with van der Waals surface area (Å²) >= 11 is 1.51. The molecule has 0 saturated heterocycles. The van der Waals surface area contributed by atoms with Gasteiger partial charge in [-0.05, 0) is 31.2 Å². The minimum absolute atomic E-state index is 0.231. The van der Waals surface area contributed by atoms with Crippen LogP contribution in [0.2, 0.25) is 0 Å². The number of methoxy groups -OCH3 is 3.